The highest BCUT2D eigenvalue weighted by Gasteiger charge is 2.24. The molecule has 0 heterocycles. The zero-order valence-corrected chi connectivity index (χ0v) is 27.1. The van der Waals surface area contributed by atoms with Crippen molar-refractivity contribution in [3.8, 4) is 28.7 Å². The summed E-state index contributed by atoms with van der Waals surface area (Å²) >= 11 is 0. The Bertz CT molecular complexity index is 1620. The molecule has 0 aromatic heterocycles. The normalized spacial score (nSPS) is 11.0. The molecular weight excluding hydrogens is 556 g/mol. The van der Waals surface area contributed by atoms with Crippen molar-refractivity contribution in [3.05, 3.63) is 110 Å². The van der Waals surface area contributed by atoms with Crippen molar-refractivity contribution in [1.82, 2.24) is 0 Å². The van der Waals surface area contributed by atoms with Gasteiger partial charge in [-0.1, -0.05) is 30.3 Å². The first kappa shape index (κ1) is 32.7. The van der Waals surface area contributed by atoms with E-state index in [-0.39, 0.29) is 13.2 Å². The molecule has 0 fully saturated rings. The number of hydrogen-bond acceptors (Lipinski definition) is 7. The van der Waals surface area contributed by atoms with E-state index in [0.717, 1.165) is 78.4 Å². The second kappa shape index (κ2) is 14.5. The van der Waals surface area contributed by atoms with Crippen molar-refractivity contribution in [1.29, 1.82) is 0 Å². The Morgan fingerprint density at radius 1 is 0.477 bits per heavy atom. The minimum Gasteiger partial charge on any atom is -0.496 e. The molecule has 0 spiro atoms. The van der Waals surface area contributed by atoms with Gasteiger partial charge in [0.2, 0.25) is 0 Å². The Hall–Kier alpha value is -4.20. The van der Waals surface area contributed by atoms with Crippen molar-refractivity contribution in [2.24, 2.45) is 0 Å². The van der Waals surface area contributed by atoms with E-state index < -0.39 is 0 Å². The van der Waals surface area contributed by atoms with Gasteiger partial charge in [-0.05, 0) is 89.0 Å². The molecule has 7 heteroatoms. The molecule has 0 aliphatic heterocycles. The topological polar surface area (TPSA) is 86.6 Å². The standard InChI is InChI=1S/C37H44O7/c1-22-9-11-26(33(13-22)40-4)19-31-35(42-6)24(3)15-29(37(31)44-8)17-28-14-23(2)32(21-39)30(36(28)43-7)18-27-12-10-25(20-38)16-34(27)41-5/h9-16,38-39H,17-21H2,1-8H3. The van der Waals surface area contributed by atoms with E-state index in [1.54, 1.807) is 35.5 Å². The lowest BCUT2D eigenvalue weighted by Gasteiger charge is -2.23. The fourth-order valence-electron chi connectivity index (χ4n) is 6.15. The monoisotopic (exact) mass is 600 g/mol. The molecule has 0 saturated carbocycles. The third-order valence-electron chi connectivity index (χ3n) is 8.25. The first-order valence-electron chi connectivity index (χ1n) is 14.7. The summed E-state index contributed by atoms with van der Waals surface area (Å²) in [6, 6.07) is 16.1. The van der Waals surface area contributed by atoms with Crippen LogP contribution in [0.4, 0.5) is 0 Å². The van der Waals surface area contributed by atoms with Gasteiger partial charge in [-0.15, -0.1) is 0 Å². The molecule has 0 bridgehead atoms. The predicted molar refractivity (Wildman–Crippen MR) is 173 cm³/mol. The first-order valence-corrected chi connectivity index (χ1v) is 14.7. The van der Waals surface area contributed by atoms with Crippen LogP contribution in [0.15, 0.2) is 48.5 Å². The van der Waals surface area contributed by atoms with Crippen molar-refractivity contribution < 1.29 is 33.9 Å². The maximum Gasteiger partial charge on any atom is 0.129 e. The molecule has 0 atom stereocenters. The summed E-state index contributed by atoms with van der Waals surface area (Å²) in [5, 5.41) is 20.1. The van der Waals surface area contributed by atoms with Gasteiger partial charge in [0.05, 0.1) is 48.8 Å². The second-order valence-corrected chi connectivity index (χ2v) is 11.0. The van der Waals surface area contributed by atoms with Gasteiger partial charge in [0, 0.05) is 30.4 Å². The minimum atomic E-state index is -0.123. The third-order valence-corrected chi connectivity index (χ3v) is 8.25. The highest BCUT2D eigenvalue weighted by Crippen LogP contribution is 2.42. The quantitative estimate of drug-likeness (QED) is 0.183. The SMILES string of the molecule is COc1cc(CO)ccc1Cc1c(CO)c(C)cc(Cc2cc(C)c(OC)c(Cc3ccc(C)cc3OC)c2OC)c1OC. The second-order valence-electron chi connectivity index (χ2n) is 11.0. The number of aryl methyl sites for hydroxylation is 3. The van der Waals surface area contributed by atoms with Crippen LogP contribution in [0.25, 0.3) is 0 Å². The van der Waals surface area contributed by atoms with E-state index in [9.17, 15) is 10.2 Å². The molecule has 0 aliphatic carbocycles. The number of benzene rings is 4. The zero-order valence-electron chi connectivity index (χ0n) is 27.1. The van der Waals surface area contributed by atoms with Crippen LogP contribution in [-0.4, -0.2) is 45.8 Å². The maximum atomic E-state index is 10.4. The lowest BCUT2D eigenvalue weighted by Crippen LogP contribution is -2.09. The van der Waals surface area contributed by atoms with Crippen molar-refractivity contribution >= 4 is 0 Å². The Labute approximate surface area is 261 Å². The predicted octanol–water partition coefficient (Wildman–Crippen LogP) is 6.41. The molecule has 0 saturated heterocycles. The van der Waals surface area contributed by atoms with Crippen LogP contribution in [0.5, 0.6) is 28.7 Å². The molecular formula is C37H44O7. The van der Waals surface area contributed by atoms with Crippen LogP contribution in [0.1, 0.15) is 61.2 Å². The van der Waals surface area contributed by atoms with Crippen LogP contribution < -0.4 is 23.7 Å². The summed E-state index contributed by atoms with van der Waals surface area (Å²) in [4.78, 5) is 0. The van der Waals surface area contributed by atoms with Gasteiger partial charge in [0.1, 0.15) is 28.7 Å². The number of ether oxygens (including phenoxy) is 5. The van der Waals surface area contributed by atoms with Gasteiger partial charge in [-0.25, -0.2) is 0 Å². The number of rotatable bonds is 13. The maximum absolute atomic E-state index is 10.4. The number of methoxy groups -OCH3 is 5. The summed E-state index contributed by atoms with van der Waals surface area (Å²) in [5.41, 5.74) is 10.5. The highest BCUT2D eigenvalue weighted by atomic mass is 16.5. The fourth-order valence-corrected chi connectivity index (χ4v) is 6.15. The van der Waals surface area contributed by atoms with E-state index in [4.69, 9.17) is 23.7 Å². The van der Waals surface area contributed by atoms with E-state index in [0.29, 0.717) is 30.8 Å². The Kier molecular flexibility index (Phi) is 10.8. The smallest absolute Gasteiger partial charge is 0.129 e. The molecule has 234 valence electrons. The molecule has 0 aliphatic rings. The largest absolute Gasteiger partial charge is 0.496 e. The van der Waals surface area contributed by atoms with Gasteiger partial charge in [-0.3, -0.25) is 0 Å². The van der Waals surface area contributed by atoms with Crippen LogP contribution >= 0.6 is 0 Å². The van der Waals surface area contributed by atoms with Crippen LogP contribution in [-0.2, 0) is 32.5 Å². The summed E-state index contributed by atoms with van der Waals surface area (Å²) in [5.74, 6) is 3.75. The van der Waals surface area contributed by atoms with Crippen molar-refractivity contribution in [2.75, 3.05) is 35.5 Å². The molecule has 4 aromatic carbocycles. The van der Waals surface area contributed by atoms with Crippen LogP contribution in [0.2, 0.25) is 0 Å². The van der Waals surface area contributed by atoms with Gasteiger partial charge >= 0.3 is 0 Å². The van der Waals surface area contributed by atoms with E-state index in [2.05, 4.69) is 24.3 Å². The lowest BCUT2D eigenvalue weighted by atomic mass is 9.88. The van der Waals surface area contributed by atoms with Gasteiger partial charge in [0.15, 0.2) is 0 Å². The average Bonchev–Trinajstić information content (AvgIpc) is 3.02. The van der Waals surface area contributed by atoms with Crippen LogP contribution in [0.3, 0.4) is 0 Å². The summed E-state index contributed by atoms with van der Waals surface area (Å²) in [7, 11) is 8.34. The zero-order chi connectivity index (χ0) is 32.0. The van der Waals surface area contributed by atoms with Crippen molar-refractivity contribution in [2.45, 2.75) is 53.2 Å². The van der Waals surface area contributed by atoms with E-state index >= 15 is 0 Å². The Morgan fingerprint density at radius 3 is 1.59 bits per heavy atom. The molecule has 0 amide bonds. The lowest BCUT2D eigenvalue weighted by molar-refractivity contribution is 0.278. The van der Waals surface area contributed by atoms with Gasteiger partial charge in [-0.2, -0.15) is 0 Å². The number of aliphatic hydroxyl groups excluding tert-OH is 2. The molecule has 4 aromatic rings. The molecule has 0 radical (unpaired) electrons. The van der Waals surface area contributed by atoms with Crippen molar-refractivity contribution in [3.63, 3.8) is 0 Å². The first-order chi connectivity index (χ1) is 21.2. The third kappa shape index (κ3) is 6.64. The minimum absolute atomic E-state index is 0.0712. The van der Waals surface area contributed by atoms with E-state index in [1.807, 2.05) is 45.0 Å². The molecule has 44 heavy (non-hydrogen) atoms. The summed E-state index contributed by atoms with van der Waals surface area (Å²) in [6.45, 7) is 5.91. The Balaban J connectivity index is 1.86. The Morgan fingerprint density at radius 2 is 1.02 bits per heavy atom. The summed E-state index contributed by atoms with van der Waals surface area (Å²) in [6.07, 6.45) is 1.59. The number of aliphatic hydroxyl groups is 2. The molecule has 4 rings (SSSR count). The molecule has 2 N–H and O–H groups in total. The summed E-state index contributed by atoms with van der Waals surface area (Å²) < 4.78 is 29.5. The van der Waals surface area contributed by atoms with Gasteiger partial charge < -0.3 is 33.9 Å². The molecule has 7 nitrogen and oxygen atoms in total. The fraction of sp³-hybridized carbons (Fsp3) is 0.351. The molecule has 0 unspecified atom stereocenters. The highest BCUT2D eigenvalue weighted by molar-refractivity contribution is 5.60. The van der Waals surface area contributed by atoms with Crippen LogP contribution in [0, 0.1) is 20.8 Å². The van der Waals surface area contributed by atoms with E-state index in [1.165, 1.54) is 0 Å². The average molecular weight is 601 g/mol. The van der Waals surface area contributed by atoms with Gasteiger partial charge in [0.25, 0.3) is 0 Å². The number of hydrogen-bond donors (Lipinski definition) is 2.